The molecule has 1 saturated carbocycles. The smallest absolute Gasteiger partial charge is 0.295 e. The van der Waals surface area contributed by atoms with Crippen LogP contribution in [-0.4, -0.2) is 14.6 Å². The van der Waals surface area contributed by atoms with Crippen molar-refractivity contribution in [2.45, 2.75) is 18.8 Å². The lowest BCUT2D eigenvalue weighted by molar-refractivity contribution is 0.856. The molecule has 0 spiro atoms. The van der Waals surface area contributed by atoms with E-state index < -0.39 is 0 Å². The summed E-state index contributed by atoms with van der Waals surface area (Å²) in [7, 11) is 0. The van der Waals surface area contributed by atoms with Crippen LogP contribution < -0.4 is 11.3 Å². The first-order chi connectivity index (χ1) is 6.75. The fourth-order valence-electron chi connectivity index (χ4n) is 1.60. The van der Waals surface area contributed by atoms with E-state index in [-0.39, 0.29) is 11.2 Å². The van der Waals surface area contributed by atoms with Crippen molar-refractivity contribution >= 4 is 11.3 Å². The SMILES string of the molecule is Nc1cnc2cc(C3CC3)[nH]n2c1=O. The lowest BCUT2D eigenvalue weighted by atomic mass is 10.3. The van der Waals surface area contributed by atoms with Crippen LogP contribution in [0.25, 0.3) is 5.65 Å². The fourth-order valence-corrected chi connectivity index (χ4v) is 1.60. The Bertz CT molecular complexity index is 549. The van der Waals surface area contributed by atoms with Gasteiger partial charge in [-0.25, -0.2) is 4.98 Å². The van der Waals surface area contributed by atoms with Crippen LogP contribution in [0, 0.1) is 0 Å². The maximum absolute atomic E-state index is 11.6. The second-order valence-corrected chi connectivity index (χ2v) is 3.70. The lowest BCUT2D eigenvalue weighted by Crippen LogP contribution is -2.18. The van der Waals surface area contributed by atoms with Crippen molar-refractivity contribution in [1.82, 2.24) is 14.6 Å². The number of nitrogens with two attached hydrogens (primary N) is 1. The van der Waals surface area contributed by atoms with Gasteiger partial charge in [-0.1, -0.05) is 0 Å². The average molecular weight is 190 g/mol. The first-order valence-electron chi connectivity index (χ1n) is 4.62. The molecule has 5 nitrogen and oxygen atoms in total. The molecule has 0 aliphatic heterocycles. The zero-order valence-corrected chi connectivity index (χ0v) is 7.53. The van der Waals surface area contributed by atoms with Crippen molar-refractivity contribution in [3.8, 4) is 0 Å². The van der Waals surface area contributed by atoms with Gasteiger partial charge in [0.15, 0.2) is 5.65 Å². The van der Waals surface area contributed by atoms with Gasteiger partial charge in [0.05, 0.1) is 6.20 Å². The summed E-state index contributed by atoms with van der Waals surface area (Å²) in [6.45, 7) is 0. The van der Waals surface area contributed by atoms with E-state index in [4.69, 9.17) is 5.73 Å². The number of nitrogens with zero attached hydrogens (tertiary/aromatic N) is 2. The van der Waals surface area contributed by atoms with Crippen molar-refractivity contribution in [3.63, 3.8) is 0 Å². The summed E-state index contributed by atoms with van der Waals surface area (Å²) in [5.74, 6) is 0.581. The van der Waals surface area contributed by atoms with Gasteiger partial charge in [-0.3, -0.25) is 9.89 Å². The highest BCUT2D eigenvalue weighted by Crippen LogP contribution is 2.39. The van der Waals surface area contributed by atoms with Crippen molar-refractivity contribution < 1.29 is 0 Å². The number of nitrogens with one attached hydrogen (secondary N) is 1. The van der Waals surface area contributed by atoms with Gasteiger partial charge >= 0.3 is 0 Å². The Morgan fingerprint density at radius 2 is 2.36 bits per heavy atom. The van der Waals surface area contributed by atoms with E-state index in [2.05, 4.69) is 10.1 Å². The van der Waals surface area contributed by atoms with Crippen molar-refractivity contribution in [2.24, 2.45) is 0 Å². The minimum absolute atomic E-state index is 0.173. The first kappa shape index (κ1) is 7.61. The minimum Gasteiger partial charge on any atom is -0.393 e. The normalized spacial score (nSPS) is 16.3. The molecule has 0 aromatic carbocycles. The molecule has 14 heavy (non-hydrogen) atoms. The molecule has 0 amide bonds. The van der Waals surface area contributed by atoms with Crippen LogP contribution in [-0.2, 0) is 0 Å². The summed E-state index contributed by atoms with van der Waals surface area (Å²) in [5.41, 5.74) is 7.15. The second-order valence-electron chi connectivity index (χ2n) is 3.70. The zero-order chi connectivity index (χ0) is 9.71. The third-order valence-electron chi connectivity index (χ3n) is 2.56. The molecule has 1 aliphatic rings. The Morgan fingerprint density at radius 3 is 3.07 bits per heavy atom. The number of aromatic amines is 1. The summed E-state index contributed by atoms with van der Waals surface area (Å²) in [4.78, 5) is 15.6. The number of rotatable bonds is 1. The van der Waals surface area contributed by atoms with Crippen molar-refractivity contribution in [1.29, 1.82) is 0 Å². The predicted molar refractivity (Wildman–Crippen MR) is 52.2 cm³/mol. The van der Waals surface area contributed by atoms with Gasteiger partial charge in [0.2, 0.25) is 0 Å². The van der Waals surface area contributed by atoms with Crippen LogP contribution in [0.15, 0.2) is 17.1 Å². The van der Waals surface area contributed by atoms with Gasteiger partial charge < -0.3 is 5.73 Å². The minimum atomic E-state index is -0.220. The lowest BCUT2D eigenvalue weighted by Gasteiger charge is -1.93. The second kappa shape index (κ2) is 2.37. The van der Waals surface area contributed by atoms with Crippen LogP contribution >= 0.6 is 0 Å². The van der Waals surface area contributed by atoms with E-state index in [1.54, 1.807) is 0 Å². The van der Waals surface area contributed by atoms with Crippen molar-refractivity contribution in [3.05, 3.63) is 28.3 Å². The van der Waals surface area contributed by atoms with E-state index in [0.717, 1.165) is 5.69 Å². The van der Waals surface area contributed by atoms with E-state index in [1.165, 1.54) is 23.6 Å². The standard InChI is InChI=1S/C9H10N4O/c10-6-4-11-8-3-7(5-1-2-5)12-13(8)9(6)14/h3-5,12H,1-2,10H2. The molecule has 2 aromatic heterocycles. The van der Waals surface area contributed by atoms with Crippen molar-refractivity contribution in [2.75, 3.05) is 5.73 Å². The van der Waals surface area contributed by atoms with Gasteiger partial charge in [-0.2, -0.15) is 4.52 Å². The maximum Gasteiger partial charge on any atom is 0.295 e. The number of nitrogen functional groups attached to an aromatic ring is 1. The summed E-state index contributed by atoms with van der Waals surface area (Å²) in [5, 5.41) is 3.03. The molecule has 1 aliphatic carbocycles. The van der Waals surface area contributed by atoms with E-state index in [0.29, 0.717) is 11.6 Å². The quantitative estimate of drug-likeness (QED) is 0.686. The maximum atomic E-state index is 11.6. The fraction of sp³-hybridized carbons (Fsp3) is 0.333. The highest BCUT2D eigenvalue weighted by molar-refractivity contribution is 5.45. The molecule has 72 valence electrons. The number of fused-ring (bicyclic) bond motifs is 1. The predicted octanol–water partition coefficient (Wildman–Crippen LogP) is 0.482. The monoisotopic (exact) mass is 190 g/mol. The number of aromatic nitrogens is 3. The molecule has 0 radical (unpaired) electrons. The number of H-pyrrole nitrogens is 1. The van der Waals surface area contributed by atoms with Crippen LogP contribution in [0.1, 0.15) is 24.5 Å². The summed E-state index contributed by atoms with van der Waals surface area (Å²) < 4.78 is 1.41. The Hall–Kier alpha value is -1.78. The zero-order valence-electron chi connectivity index (χ0n) is 7.53. The molecule has 0 saturated heterocycles. The summed E-state index contributed by atoms with van der Waals surface area (Å²) >= 11 is 0. The van der Waals surface area contributed by atoms with Gasteiger partial charge in [0, 0.05) is 17.7 Å². The third kappa shape index (κ3) is 0.951. The number of hydrogen-bond donors (Lipinski definition) is 2. The Labute approximate surface area is 79.5 Å². The van der Waals surface area contributed by atoms with Gasteiger partial charge in [0.1, 0.15) is 5.69 Å². The molecule has 0 bridgehead atoms. The molecule has 5 heteroatoms. The number of hydrogen-bond acceptors (Lipinski definition) is 3. The molecule has 1 fully saturated rings. The van der Waals surface area contributed by atoms with E-state index >= 15 is 0 Å². The van der Waals surface area contributed by atoms with Gasteiger partial charge in [-0.15, -0.1) is 0 Å². The molecule has 2 aromatic rings. The van der Waals surface area contributed by atoms with Gasteiger partial charge in [0.25, 0.3) is 5.56 Å². The molecular weight excluding hydrogens is 180 g/mol. The topological polar surface area (TPSA) is 76.2 Å². The van der Waals surface area contributed by atoms with E-state index in [1.807, 2.05) is 6.07 Å². The Morgan fingerprint density at radius 1 is 1.57 bits per heavy atom. The molecule has 0 atom stereocenters. The number of anilines is 1. The molecule has 2 heterocycles. The van der Waals surface area contributed by atoms with Crippen LogP contribution in [0.5, 0.6) is 0 Å². The highest BCUT2D eigenvalue weighted by atomic mass is 16.1. The average Bonchev–Trinajstić information content (AvgIpc) is 2.93. The van der Waals surface area contributed by atoms with Crippen LogP contribution in [0.2, 0.25) is 0 Å². The van der Waals surface area contributed by atoms with E-state index in [9.17, 15) is 4.79 Å². The highest BCUT2D eigenvalue weighted by Gasteiger charge is 2.25. The Balaban J connectivity index is 2.32. The third-order valence-corrected chi connectivity index (χ3v) is 2.56. The van der Waals surface area contributed by atoms with Crippen LogP contribution in [0.4, 0.5) is 5.69 Å². The largest absolute Gasteiger partial charge is 0.393 e. The molecule has 3 N–H and O–H groups in total. The Kier molecular flexibility index (Phi) is 1.29. The summed E-state index contributed by atoms with van der Waals surface area (Å²) in [6.07, 6.45) is 3.79. The summed E-state index contributed by atoms with van der Waals surface area (Å²) in [6, 6.07) is 1.92. The molecule has 0 unspecified atom stereocenters. The molecular formula is C9H10N4O. The molecule has 3 rings (SSSR count). The first-order valence-corrected chi connectivity index (χ1v) is 4.62. The van der Waals surface area contributed by atoms with Gasteiger partial charge in [-0.05, 0) is 12.8 Å². The van der Waals surface area contributed by atoms with Crippen LogP contribution in [0.3, 0.4) is 0 Å².